The molecular formula is C15H15ClN4. The van der Waals surface area contributed by atoms with Crippen LogP contribution in [0.2, 0.25) is 5.02 Å². The van der Waals surface area contributed by atoms with Crippen molar-refractivity contribution in [2.75, 3.05) is 11.4 Å². The summed E-state index contributed by atoms with van der Waals surface area (Å²) < 4.78 is 2.21. The van der Waals surface area contributed by atoms with E-state index in [0.29, 0.717) is 0 Å². The van der Waals surface area contributed by atoms with Gasteiger partial charge in [0.2, 0.25) is 0 Å². The summed E-state index contributed by atoms with van der Waals surface area (Å²) in [5, 5.41) is 9.01. The molecule has 3 aromatic rings. The van der Waals surface area contributed by atoms with E-state index < -0.39 is 0 Å². The Bertz CT molecular complexity index is 786. The average molecular weight is 287 g/mol. The van der Waals surface area contributed by atoms with Crippen molar-refractivity contribution in [2.45, 2.75) is 13.0 Å². The van der Waals surface area contributed by atoms with E-state index in [1.807, 2.05) is 18.3 Å². The van der Waals surface area contributed by atoms with E-state index in [1.165, 1.54) is 11.3 Å². The van der Waals surface area contributed by atoms with Crippen LogP contribution in [0.15, 0.2) is 30.6 Å². The van der Waals surface area contributed by atoms with Crippen molar-refractivity contribution in [2.24, 2.45) is 7.05 Å². The van der Waals surface area contributed by atoms with Crippen LogP contribution in [0.3, 0.4) is 0 Å². The van der Waals surface area contributed by atoms with Gasteiger partial charge in [-0.15, -0.1) is 0 Å². The van der Waals surface area contributed by atoms with Gasteiger partial charge in [-0.25, -0.2) is 0 Å². The number of hydrogen-bond acceptors (Lipinski definition) is 2. The SMILES string of the molecule is Cn1ccc2c1CN(c1cc(Cl)cc3[nH]ncc13)CC2. The zero-order valence-electron chi connectivity index (χ0n) is 11.2. The van der Waals surface area contributed by atoms with E-state index in [0.717, 1.165) is 41.1 Å². The zero-order valence-corrected chi connectivity index (χ0v) is 12.0. The van der Waals surface area contributed by atoms with Gasteiger partial charge < -0.3 is 9.47 Å². The van der Waals surface area contributed by atoms with Crippen LogP contribution in [-0.4, -0.2) is 21.3 Å². The van der Waals surface area contributed by atoms with Crippen molar-refractivity contribution in [3.63, 3.8) is 0 Å². The molecule has 0 saturated carbocycles. The predicted molar refractivity (Wildman–Crippen MR) is 81.3 cm³/mol. The Morgan fingerprint density at radius 2 is 2.25 bits per heavy atom. The molecule has 3 heterocycles. The summed E-state index contributed by atoms with van der Waals surface area (Å²) >= 11 is 6.23. The van der Waals surface area contributed by atoms with Gasteiger partial charge in [0, 0.05) is 41.6 Å². The van der Waals surface area contributed by atoms with Crippen LogP contribution >= 0.6 is 11.6 Å². The number of halogens is 1. The molecule has 1 N–H and O–H groups in total. The van der Waals surface area contributed by atoms with Gasteiger partial charge >= 0.3 is 0 Å². The summed E-state index contributed by atoms with van der Waals surface area (Å²) in [5.74, 6) is 0. The van der Waals surface area contributed by atoms with Crippen molar-refractivity contribution in [1.82, 2.24) is 14.8 Å². The molecule has 0 atom stereocenters. The first-order valence-electron chi connectivity index (χ1n) is 6.73. The number of rotatable bonds is 1. The molecule has 102 valence electrons. The number of nitrogens with one attached hydrogen (secondary N) is 1. The average Bonchev–Trinajstić information content (AvgIpc) is 3.05. The van der Waals surface area contributed by atoms with Gasteiger partial charge in [-0.1, -0.05) is 11.6 Å². The quantitative estimate of drug-likeness (QED) is 0.746. The second-order valence-corrected chi connectivity index (χ2v) is 5.76. The smallest absolute Gasteiger partial charge is 0.0686 e. The zero-order chi connectivity index (χ0) is 13.7. The molecule has 0 spiro atoms. The molecule has 0 unspecified atom stereocenters. The molecule has 1 aromatic carbocycles. The normalized spacial score (nSPS) is 14.8. The molecule has 4 nitrogen and oxygen atoms in total. The topological polar surface area (TPSA) is 36.9 Å². The summed E-state index contributed by atoms with van der Waals surface area (Å²) in [6.07, 6.45) is 5.09. The maximum Gasteiger partial charge on any atom is 0.0686 e. The molecule has 1 aliphatic heterocycles. The number of aromatic amines is 1. The molecule has 5 heteroatoms. The minimum absolute atomic E-state index is 0.745. The van der Waals surface area contributed by atoms with Crippen molar-refractivity contribution >= 4 is 28.2 Å². The first kappa shape index (κ1) is 11.9. The number of nitrogens with zero attached hydrogens (tertiary/aromatic N) is 3. The van der Waals surface area contributed by atoms with E-state index in [2.05, 4.69) is 39.0 Å². The lowest BCUT2D eigenvalue weighted by Gasteiger charge is -2.30. The number of anilines is 1. The van der Waals surface area contributed by atoms with E-state index >= 15 is 0 Å². The summed E-state index contributed by atoms with van der Waals surface area (Å²) in [4.78, 5) is 2.38. The highest BCUT2D eigenvalue weighted by molar-refractivity contribution is 6.31. The highest BCUT2D eigenvalue weighted by atomic mass is 35.5. The molecule has 0 fully saturated rings. The number of aryl methyl sites for hydroxylation is 1. The fourth-order valence-corrected chi connectivity index (χ4v) is 3.25. The van der Waals surface area contributed by atoms with E-state index in [4.69, 9.17) is 11.6 Å². The van der Waals surface area contributed by atoms with Gasteiger partial charge in [-0.05, 0) is 30.2 Å². The lowest BCUT2D eigenvalue weighted by atomic mass is 10.1. The van der Waals surface area contributed by atoms with Crippen molar-refractivity contribution in [1.29, 1.82) is 0 Å². The number of benzene rings is 1. The monoisotopic (exact) mass is 286 g/mol. The van der Waals surface area contributed by atoms with Crippen LogP contribution in [0.5, 0.6) is 0 Å². The minimum Gasteiger partial charge on any atom is -0.365 e. The number of hydrogen-bond donors (Lipinski definition) is 1. The van der Waals surface area contributed by atoms with Crippen LogP contribution in [-0.2, 0) is 20.0 Å². The highest BCUT2D eigenvalue weighted by Crippen LogP contribution is 2.33. The molecule has 0 radical (unpaired) electrons. The van der Waals surface area contributed by atoms with Crippen LogP contribution < -0.4 is 4.90 Å². The molecule has 0 amide bonds. The first-order chi connectivity index (χ1) is 9.72. The summed E-state index contributed by atoms with van der Waals surface area (Å²) in [7, 11) is 2.10. The maximum absolute atomic E-state index is 6.23. The lowest BCUT2D eigenvalue weighted by molar-refractivity contribution is 0.685. The largest absolute Gasteiger partial charge is 0.365 e. The fourth-order valence-electron chi connectivity index (χ4n) is 3.04. The first-order valence-corrected chi connectivity index (χ1v) is 7.11. The third kappa shape index (κ3) is 1.72. The lowest BCUT2D eigenvalue weighted by Crippen LogP contribution is -2.31. The Kier molecular flexibility index (Phi) is 2.54. The number of H-pyrrole nitrogens is 1. The van der Waals surface area contributed by atoms with Gasteiger partial charge in [0.05, 0.1) is 18.3 Å². The molecule has 2 aromatic heterocycles. The van der Waals surface area contributed by atoms with Gasteiger partial charge in [-0.2, -0.15) is 5.10 Å². The Morgan fingerprint density at radius 1 is 1.35 bits per heavy atom. The second-order valence-electron chi connectivity index (χ2n) is 5.33. The Hall–Kier alpha value is -1.94. The van der Waals surface area contributed by atoms with Crippen LogP contribution in [0, 0.1) is 0 Å². The number of fused-ring (bicyclic) bond motifs is 2. The minimum atomic E-state index is 0.745. The molecular weight excluding hydrogens is 272 g/mol. The third-order valence-corrected chi connectivity index (χ3v) is 4.35. The van der Waals surface area contributed by atoms with Gasteiger partial charge in [0.15, 0.2) is 0 Å². The van der Waals surface area contributed by atoms with E-state index in [9.17, 15) is 0 Å². The Morgan fingerprint density at radius 3 is 3.15 bits per heavy atom. The summed E-state index contributed by atoms with van der Waals surface area (Å²) in [5.41, 5.74) is 4.99. The van der Waals surface area contributed by atoms with E-state index in [1.54, 1.807) is 0 Å². The predicted octanol–water partition coefficient (Wildman–Crippen LogP) is 3.12. The fraction of sp³-hybridized carbons (Fsp3) is 0.267. The maximum atomic E-state index is 6.23. The van der Waals surface area contributed by atoms with Gasteiger partial charge in [-0.3, -0.25) is 5.10 Å². The Balaban J connectivity index is 1.81. The highest BCUT2D eigenvalue weighted by Gasteiger charge is 2.21. The second kappa shape index (κ2) is 4.28. The molecule has 4 rings (SSSR count). The summed E-state index contributed by atoms with van der Waals surface area (Å²) in [6, 6.07) is 6.18. The molecule has 1 aliphatic rings. The van der Waals surface area contributed by atoms with E-state index in [-0.39, 0.29) is 0 Å². The van der Waals surface area contributed by atoms with Gasteiger partial charge in [0.25, 0.3) is 0 Å². The molecule has 0 bridgehead atoms. The van der Waals surface area contributed by atoms with Crippen LogP contribution in [0.4, 0.5) is 5.69 Å². The molecule has 0 saturated heterocycles. The van der Waals surface area contributed by atoms with Crippen LogP contribution in [0.25, 0.3) is 10.9 Å². The van der Waals surface area contributed by atoms with Crippen LogP contribution in [0.1, 0.15) is 11.3 Å². The standard InChI is InChI=1S/C15H15ClN4/c1-19-4-2-10-3-5-20(9-15(10)19)14-7-11(16)6-13-12(14)8-17-18-13/h2,4,6-8H,3,5,9H2,1H3,(H,17,18). The van der Waals surface area contributed by atoms with Crippen molar-refractivity contribution in [3.8, 4) is 0 Å². The Labute approximate surface area is 122 Å². The van der Waals surface area contributed by atoms with Crippen molar-refractivity contribution < 1.29 is 0 Å². The van der Waals surface area contributed by atoms with Crippen molar-refractivity contribution in [3.05, 3.63) is 46.9 Å². The van der Waals surface area contributed by atoms with Gasteiger partial charge in [0.1, 0.15) is 0 Å². The molecule has 20 heavy (non-hydrogen) atoms. The number of aromatic nitrogens is 3. The summed E-state index contributed by atoms with van der Waals surface area (Å²) in [6.45, 7) is 1.93. The molecule has 0 aliphatic carbocycles. The third-order valence-electron chi connectivity index (χ3n) is 4.13.